The van der Waals surface area contributed by atoms with Crippen molar-refractivity contribution in [3.8, 4) is 0 Å². The molecule has 8 nitrogen and oxygen atoms in total. The Morgan fingerprint density at radius 3 is 2.65 bits per heavy atom. The van der Waals surface area contributed by atoms with Crippen molar-refractivity contribution >= 4 is 51.7 Å². The van der Waals surface area contributed by atoms with Crippen LogP contribution in [0.1, 0.15) is 38.2 Å². The van der Waals surface area contributed by atoms with E-state index in [9.17, 15) is 14.7 Å². The fourth-order valence-electron chi connectivity index (χ4n) is 4.30. The zero-order chi connectivity index (χ0) is 24.1. The van der Waals surface area contributed by atoms with Crippen LogP contribution in [0.5, 0.6) is 0 Å². The number of fused-ring (bicyclic) bond motifs is 1. The number of unbranched alkanes of at least 4 members (excludes halogenated alkanes) is 3. The minimum Gasteiger partial charge on any atom is -0.395 e. The average Bonchev–Trinajstić information content (AvgIpc) is 3.11. The maximum atomic E-state index is 13.5. The SMILES string of the molecule is CCCCCCN1C(=O)/C(=C/c2c(N3CCN(CCO)CC3)nc3ccccn3c2=O)SC1=S. The minimum absolute atomic E-state index is 0.126. The molecule has 4 heterocycles. The maximum Gasteiger partial charge on any atom is 0.267 e. The third-order valence-electron chi connectivity index (χ3n) is 6.22. The summed E-state index contributed by atoms with van der Waals surface area (Å²) in [5.74, 6) is 0.454. The Morgan fingerprint density at radius 1 is 1.12 bits per heavy atom. The Kier molecular flexibility index (Phi) is 8.36. The summed E-state index contributed by atoms with van der Waals surface area (Å²) >= 11 is 6.74. The molecule has 0 aromatic carbocycles. The second-order valence-electron chi connectivity index (χ2n) is 8.53. The molecule has 34 heavy (non-hydrogen) atoms. The number of aliphatic hydroxyl groups is 1. The van der Waals surface area contributed by atoms with Crippen LogP contribution in [0, 0.1) is 0 Å². The molecule has 0 aliphatic carbocycles. The third-order valence-corrected chi connectivity index (χ3v) is 7.60. The third kappa shape index (κ3) is 5.35. The first-order chi connectivity index (χ1) is 16.5. The quantitative estimate of drug-likeness (QED) is 0.319. The molecule has 0 saturated carbocycles. The topological polar surface area (TPSA) is 81.4 Å². The number of hydrogen-bond acceptors (Lipinski definition) is 8. The van der Waals surface area contributed by atoms with Gasteiger partial charge in [0.1, 0.15) is 15.8 Å². The zero-order valence-electron chi connectivity index (χ0n) is 19.5. The number of pyridine rings is 1. The molecule has 0 unspecified atom stereocenters. The smallest absolute Gasteiger partial charge is 0.267 e. The second-order valence-corrected chi connectivity index (χ2v) is 10.2. The van der Waals surface area contributed by atoms with Gasteiger partial charge in [-0.05, 0) is 24.6 Å². The van der Waals surface area contributed by atoms with E-state index in [0.29, 0.717) is 52.4 Å². The summed E-state index contributed by atoms with van der Waals surface area (Å²) in [5.41, 5.74) is 0.776. The number of anilines is 1. The van der Waals surface area contributed by atoms with Crippen molar-refractivity contribution in [3.05, 3.63) is 45.2 Å². The molecular formula is C24H31N5O3S2. The van der Waals surface area contributed by atoms with E-state index in [2.05, 4.69) is 16.7 Å². The van der Waals surface area contributed by atoms with Gasteiger partial charge in [0.2, 0.25) is 0 Å². The molecule has 2 saturated heterocycles. The summed E-state index contributed by atoms with van der Waals surface area (Å²) in [7, 11) is 0. The van der Waals surface area contributed by atoms with Gasteiger partial charge in [0.05, 0.1) is 17.1 Å². The van der Waals surface area contributed by atoms with Gasteiger partial charge in [-0.2, -0.15) is 0 Å². The minimum atomic E-state index is -0.202. The molecule has 0 bridgehead atoms. The number of thiocarbonyl (C=S) groups is 1. The largest absolute Gasteiger partial charge is 0.395 e. The van der Waals surface area contributed by atoms with Crippen molar-refractivity contribution < 1.29 is 9.90 Å². The average molecular weight is 502 g/mol. The number of β-amino-alcohol motifs (C(OH)–C–C–N with tert-alkyl or cyclic N) is 1. The van der Waals surface area contributed by atoms with Crippen LogP contribution < -0.4 is 10.5 Å². The number of piperazine rings is 1. The molecule has 0 radical (unpaired) electrons. The van der Waals surface area contributed by atoms with Crippen molar-refractivity contribution in [2.24, 2.45) is 0 Å². The van der Waals surface area contributed by atoms with E-state index < -0.39 is 0 Å². The lowest BCUT2D eigenvalue weighted by Gasteiger charge is -2.35. The van der Waals surface area contributed by atoms with Crippen LogP contribution in [-0.4, -0.2) is 80.4 Å². The van der Waals surface area contributed by atoms with Gasteiger partial charge in [0.15, 0.2) is 0 Å². The van der Waals surface area contributed by atoms with Crippen LogP contribution in [0.25, 0.3) is 11.7 Å². The molecule has 2 aromatic rings. The number of thioether (sulfide) groups is 1. The van der Waals surface area contributed by atoms with Gasteiger partial charge in [-0.15, -0.1) is 0 Å². The highest BCUT2D eigenvalue weighted by Crippen LogP contribution is 2.34. The van der Waals surface area contributed by atoms with Crippen LogP contribution >= 0.6 is 24.0 Å². The summed E-state index contributed by atoms with van der Waals surface area (Å²) in [5, 5.41) is 9.24. The van der Waals surface area contributed by atoms with Gasteiger partial charge < -0.3 is 10.0 Å². The molecule has 2 aliphatic rings. The lowest BCUT2D eigenvalue weighted by molar-refractivity contribution is -0.122. The molecule has 1 N–H and O–H groups in total. The van der Waals surface area contributed by atoms with E-state index in [1.165, 1.54) is 16.2 Å². The zero-order valence-corrected chi connectivity index (χ0v) is 21.1. The van der Waals surface area contributed by atoms with Gasteiger partial charge in [-0.3, -0.25) is 23.8 Å². The second kappa shape index (κ2) is 11.4. The predicted molar refractivity (Wildman–Crippen MR) is 141 cm³/mol. The highest BCUT2D eigenvalue weighted by Gasteiger charge is 2.32. The fourth-order valence-corrected chi connectivity index (χ4v) is 5.59. The van der Waals surface area contributed by atoms with Gasteiger partial charge in [-0.25, -0.2) is 4.98 Å². The van der Waals surface area contributed by atoms with Gasteiger partial charge in [-0.1, -0.05) is 56.2 Å². The number of hydrogen-bond donors (Lipinski definition) is 1. The lowest BCUT2D eigenvalue weighted by atomic mass is 10.2. The van der Waals surface area contributed by atoms with Gasteiger partial charge in [0.25, 0.3) is 11.5 Å². The first-order valence-electron chi connectivity index (χ1n) is 11.9. The molecule has 2 aromatic heterocycles. The monoisotopic (exact) mass is 501 g/mol. The number of aliphatic hydroxyl groups excluding tert-OH is 1. The standard InChI is InChI=1S/C24H31N5O3S2/c1-2-3-4-6-10-29-23(32)19(34-24(29)33)17-18-21(27-13-11-26(12-14-27)15-16-30)25-20-8-5-7-9-28(20)22(18)31/h5,7-9,17,30H,2-4,6,10-16H2,1H3/b19-17-. The first kappa shape index (κ1) is 24.8. The van der Waals surface area contributed by atoms with Crippen LogP contribution in [0.4, 0.5) is 5.82 Å². The Morgan fingerprint density at radius 2 is 1.91 bits per heavy atom. The van der Waals surface area contributed by atoms with E-state index in [1.54, 1.807) is 23.2 Å². The number of amides is 1. The van der Waals surface area contributed by atoms with E-state index in [1.807, 2.05) is 12.1 Å². The Balaban J connectivity index is 1.66. The predicted octanol–water partition coefficient (Wildman–Crippen LogP) is 2.59. The summed E-state index contributed by atoms with van der Waals surface area (Å²) in [4.78, 5) is 37.9. The molecule has 0 spiro atoms. The molecule has 2 aliphatic heterocycles. The number of carbonyl (C=O) groups excluding carboxylic acids is 1. The normalized spacial score (nSPS) is 18.6. The Labute approximate surface area is 209 Å². The summed E-state index contributed by atoms with van der Waals surface area (Å²) < 4.78 is 2.06. The Bertz CT molecular complexity index is 1140. The van der Waals surface area contributed by atoms with E-state index in [4.69, 9.17) is 17.2 Å². The van der Waals surface area contributed by atoms with Crippen LogP contribution in [0.2, 0.25) is 0 Å². The van der Waals surface area contributed by atoms with Crippen molar-refractivity contribution in [2.75, 3.05) is 50.8 Å². The van der Waals surface area contributed by atoms with Crippen molar-refractivity contribution in [1.82, 2.24) is 19.2 Å². The molecule has 1 amide bonds. The van der Waals surface area contributed by atoms with Crippen molar-refractivity contribution in [1.29, 1.82) is 0 Å². The molecular weight excluding hydrogens is 470 g/mol. The highest BCUT2D eigenvalue weighted by molar-refractivity contribution is 8.26. The maximum absolute atomic E-state index is 13.5. The van der Waals surface area contributed by atoms with Crippen LogP contribution in [0.3, 0.4) is 0 Å². The highest BCUT2D eigenvalue weighted by atomic mass is 32.2. The molecule has 10 heteroatoms. The van der Waals surface area contributed by atoms with Crippen molar-refractivity contribution in [2.45, 2.75) is 32.6 Å². The number of rotatable bonds is 9. The Hall–Kier alpha value is -2.27. The lowest BCUT2D eigenvalue weighted by Crippen LogP contribution is -2.48. The summed E-state index contributed by atoms with van der Waals surface area (Å²) in [6.45, 7) is 6.45. The number of carbonyl (C=O) groups is 1. The molecule has 0 atom stereocenters. The first-order valence-corrected chi connectivity index (χ1v) is 13.1. The van der Waals surface area contributed by atoms with Crippen molar-refractivity contribution in [3.63, 3.8) is 0 Å². The van der Waals surface area contributed by atoms with Crippen LogP contribution in [-0.2, 0) is 4.79 Å². The molecule has 4 rings (SSSR count). The molecule has 2 fully saturated rings. The fraction of sp³-hybridized carbons (Fsp3) is 0.500. The summed E-state index contributed by atoms with van der Waals surface area (Å²) in [6.07, 6.45) is 7.62. The van der Waals surface area contributed by atoms with E-state index >= 15 is 0 Å². The van der Waals surface area contributed by atoms with Gasteiger partial charge in [0, 0.05) is 45.5 Å². The number of nitrogens with zero attached hydrogens (tertiary/aromatic N) is 5. The van der Waals surface area contributed by atoms with Crippen LogP contribution in [0.15, 0.2) is 34.1 Å². The van der Waals surface area contributed by atoms with Gasteiger partial charge >= 0.3 is 0 Å². The summed E-state index contributed by atoms with van der Waals surface area (Å²) in [6, 6.07) is 5.46. The number of aromatic nitrogens is 2. The molecule has 182 valence electrons. The van der Waals surface area contributed by atoms with E-state index in [-0.39, 0.29) is 18.1 Å². The van der Waals surface area contributed by atoms with E-state index in [0.717, 1.165) is 38.8 Å².